The molecule has 2 heterocycles. The molecule has 0 atom stereocenters. The Morgan fingerprint density at radius 3 is 2.54 bits per heavy atom. The van der Waals surface area contributed by atoms with Gasteiger partial charge >= 0.3 is 6.03 Å². The van der Waals surface area contributed by atoms with Crippen LogP contribution in [-0.2, 0) is 16.6 Å². The monoisotopic (exact) mass is 437 g/mol. The van der Waals surface area contributed by atoms with Crippen LogP contribution in [0.25, 0.3) is 17.0 Å². The number of aryl methyl sites for hydroxylation is 1. The van der Waals surface area contributed by atoms with Crippen molar-refractivity contribution >= 4 is 56.4 Å². The maximum Gasteiger partial charge on any atom is 0.335 e. The molecule has 0 aliphatic carbocycles. The maximum absolute atomic E-state index is 13.1. The predicted molar refractivity (Wildman–Crippen MR) is 111 cm³/mol. The van der Waals surface area contributed by atoms with E-state index in [1.165, 1.54) is 0 Å². The first kappa shape index (κ1) is 18.2. The number of aromatic nitrogens is 1. The zero-order valence-corrected chi connectivity index (χ0v) is 16.8. The fraction of sp³-hybridized carbons (Fsp3) is 0.0952. The number of halogens is 1. The number of anilines is 1. The molecule has 28 heavy (non-hydrogen) atoms. The first-order chi connectivity index (χ1) is 13.4. The van der Waals surface area contributed by atoms with Gasteiger partial charge in [0.15, 0.2) is 0 Å². The Morgan fingerprint density at radius 1 is 1.04 bits per heavy atom. The van der Waals surface area contributed by atoms with Crippen LogP contribution in [0.5, 0.6) is 0 Å². The molecule has 1 fully saturated rings. The molecule has 0 unspecified atom stereocenters. The highest BCUT2D eigenvalue weighted by Gasteiger charge is 2.37. The Morgan fingerprint density at radius 2 is 1.79 bits per heavy atom. The van der Waals surface area contributed by atoms with Gasteiger partial charge in [-0.2, -0.15) is 0 Å². The summed E-state index contributed by atoms with van der Waals surface area (Å²) < 4.78 is 2.72. The predicted octanol–water partition coefficient (Wildman–Crippen LogP) is 3.92. The number of carbonyl (C=O) groups excluding carboxylic acids is 3. The van der Waals surface area contributed by atoms with Crippen LogP contribution in [0.1, 0.15) is 11.3 Å². The fourth-order valence-corrected chi connectivity index (χ4v) is 3.77. The van der Waals surface area contributed by atoms with Gasteiger partial charge in [0.05, 0.1) is 5.69 Å². The van der Waals surface area contributed by atoms with E-state index in [1.807, 2.05) is 42.8 Å². The van der Waals surface area contributed by atoms with E-state index in [0.29, 0.717) is 5.69 Å². The molecular weight excluding hydrogens is 422 g/mol. The summed E-state index contributed by atoms with van der Waals surface area (Å²) in [6.07, 6.45) is 1.56. The van der Waals surface area contributed by atoms with Gasteiger partial charge in [-0.05, 0) is 37.3 Å². The van der Waals surface area contributed by atoms with Crippen LogP contribution >= 0.6 is 15.9 Å². The number of nitrogens with one attached hydrogen (secondary N) is 1. The molecule has 7 heteroatoms. The molecule has 0 saturated carbocycles. The van der Waals surface area contributed by atoms with Crippen molar-refractivity contribution in [2.75, 3.05) is 4.90 Å². The smallest absolute Gasteiger partial charge is 0.335 e. The van der Waals surface area contributed by atoms with Crippen LogP contribution in [-0.4, -0.2) is 22.4 Å². The van der Waals surface area contributed by atoms with Crippen LogP contribution in [0, 0.1) is 6.92 Å². The van der Waals surface area contributed by atoms with Crippen molar-refractivity contribution in [1.29, 1.82) is 0 Å². The van der Waals surface area contributed by atoms with Crippen LogP contribution in [0.2, 0.25) is 0 Å². The molecule has 4 amide bonds. The van der Waals surface area contributed by atoms with E-state index in [1.54, 1.807) is 30.3 Å². The number of carbonyl (C=O) groups is 3. The zero-order valence-electron chi connectivity index (χ0n) is 15.2. The fourth-order valence-electron chi connectivity index (χ4n) is 3.38. The first-order valence-corrected chi connectivity index (χ1v) is 9.39. The van der Waals surface area contributed by atoms with Gasteiger partial charge in [-0.1, -0.05) is 40.2 Å². The van der Waals surface area contributed by atoms with Gasteiger partial charge in [-0.25, -0.2) is 9.69 Å². The van der Waals surface area contributed by atoms with E-state index in [0.717, 1.165) is 31.5 Å². The minimum Gasteiger partial charge on any atom is -0.347 e. The van der Waals surface area contributed by atoms with Crippen LogP contribution in [0.15, 0.2) is 58.6 Å². The SMILES string of the molecule is Cc1c(C=C2C(=O)NC(=O)N(c3cccc(Br)c3)C2=O)c2ccccc2n1C. The topological polar surface area (TPSA) is 71.4 Å². The maximum atomic E-state index is 13.1. The number of hydrogen-bond acceptors (Lipinski definition) is 3. The van der Waals surface area contributed by atoms with Crippen LogP contribution in [0.3, 0.4) is 0 Å². The molecule has 1 N–H and O–H groups in total. The standard InChI is InChI=1S/C21H16BrN3O3/c1-12-16(15-8-3-4-9-18(15)24(12)2)11-17-19(26)23-21(28)25(20(17)27)14-7-5-6-13(22)10-14/h3-11H,1-2H3,(H,23,26,28). The number of benzene rings is 2. The van der Waals surface area contributed by atoms with Gasteiger partial charge in [-0.15, -0.1) is 0 Å². The lowest BCUT2D eigenvalue weighted by Gasteiger charge is -2.26. The zero-order chi connectivity index (χ0) is 20.0. The highest BCUT2D eigenvalue weighted by Crippen LogP contribution is 2.29. The van der Waals surface area contributed by atoms with Crippen molar-refractivity contribution in [3.63, 3.8) is 0 Å². The largest absolute Gasteiger partial charge is 0.347 e. The lowest BCUT2D eigenvalue weighted by atomic mass is 10.0. The molecule has 140 valence electrons. The number of imide groups is 2. The average molecular weight is 438 g/mol. The van der Waals surface area contributed by atoms with Gasteiger partial charge in [0.2, 0.25) is 0 Å². The van der Waals surface area contributed by atoms with Gasteiger partial charge in [0.25, 0.3) is 11.8 Å². The highest BCUT2D eigenvalue weighted by molar-refractivity contribution is 9.10. The molecule has 4 rings (SSSR count). The Kier molecular flexibility index (Phi) is 4.39. The molecule has 0 radical (unpaired) electrons. The Labute approximate surface area is 169 Å². The van der Waals surface area contributed by atoms with Gasteiger partial charge in [0, 0.05) is 33.7 Å². The van der Waals surface area contributed by atoms with Crippen molar-refractivity contribution in [1.82, 2.24) is 9.88 Å². The second kappa shape index (κ2) is 6.76. The highest BCUT2D eigenvalue weighted by atomic mass is 79.9. The quantitative estimate of drug-likeness (QED) is 0.487. The average Bonchev–Trinajstić information content (AvgIpc) is 2.90. The molecule has 1 aliphatic rings. The third-order valence-corrected chi connectivity index (χ3v) is 5.40. The third kappa shape index (κ3) is 2.84. The Hall–Kier alpha value is -3.19. The van der Waals surface area contributed by atoms with Gasteiger partial charge in [-0.3, -0.25) is 14.9 Å². The molecule has 0 spiro atoms. The first-order valence-electron chi connectivity index (χ1n) is 8.59. The van der Waals surface area contributed by atoms with Gasteiger partial charge < -0.3 is 4.57 Å². The summed E-state index contributed by atoms with van der Waals surface area (Å²) in [4.78, 5) is 38.8. The number of hydrogen-bond donors (Lipinski definition) is 1. The molecule has 0 bridgehead atoms. The van der Waals surface area contributed by atoms with Crippen molar-refractivity contribution < 1.29 is 14.4 Å². The number of rotatable bonds is 2. The molecule has 1 aromatic heterocycles. The summed E-state index contributed by atoms with van der Waals surface area (Å²) in [5, 5.41) is 3.19. The lowest BCUT2D eigenvalue weighted by Crippen LogP contribution is -2.54. The summed E-state index contributed by atoms with van der Waals surface area (Å²) in [5.41, 5.74) is 2.99. The Balaban J connectivity index is 1.86. The van der Waals surface area contributed by atoms with Crippen LogP contribution < -0.4 is 10.2 Å². The molecule has 2 aromatic carbocycles. The van der Waals surface area contributed by atoms with E-state index in [4.69, 9.17) is 0 Å². The minimum atomic E-state index is -0.764. The molecule has 6 nitrogen and oxygen atoms in total. The number of nitrogens with zero attached hydrogens (tertiary/aromatic N) is 2. The van der Waals surface area contributed by atoms with Crippen molar-refractivity contribution in [3.8, 4) is 0 Å². The normalized spacial score (nSPS) is 16.2. The second-order valence-electron chi connectivity index (χ2n) is 6.51. The number of amides is 4. The number of para-hydroxylation sites is 1. The van der Waals surface area contributed by atoms with Crippen LogP contribution in [0.4, 0.5) is 10.5 Å². The number of fused-ring (bicyclic) bond motifs is 1. The Bertz CT molecular complexity index is 1190. The van der Waals surface area contributed by atoms with E-state index in [2.05, 4.69) is 21.2 Å². The summed E-state index contributed by atoms with van der Waals surface area (Å²) in [6, 6.07) is 13.8. The van der Waals surface area contributed by atoms with Crippen molar-refractivity contribution in [2.45, 2.75) is 6.92 Å². The summed E-state index contributed by atoms with van der Waals surface area (Å²) in [5.74, 6) is -1.35. The molecule has 3 aromatic rings. The summed E-state index contributed by atoms with van der Waals surface area (Å²) >= 11 is 3.33. The second-order valence-corrected chi connectivity index (χ2v) is 7.43. The molecule has 1 aliphatic heterocycles. The number of barbiturate groups is 1. The van der Waals surface area contributed by atoms with Crippen molar-refractivity contribution in [3.05, 3.63) is 69.8 Å². The van der Waals surface area contributed by atoms with E-state index >= 15 is 0 Å². The molecule has 1 saturated heterocycles. The van der Waals surface area contributed by atoms with E-state index < -0.39 is 17.8 Å². The summed E-state index contributed by atoms with van der Waals surface area (Å²) in [6.45, 7) is 1.93. The van der Waals surface area contributed by atoms with E-state index in [9.17, 15) is 14.4 Å². The minimum absolute atomic E-state index is 0.0842. The number of urea groups is 1. The van der Waals surface area contributed by atoms with Gasteiger partial charge in [0.1, 0.15) is 5.57 Å². The lowest BCUT2D eigenvalue weighted by molar-refractivity contribution is -0.122. The van der Waals surface area contributed by atoms with E-state index in [-0.39, 0.29) is 5.57 Å². The molecular formula is C21H16BrN3O3. The van der Waals surface area contributed by atoms with Crippen molar-refractivity contribution in [2.24, 2.45) is 7.05 Å². The summed E-state index contributed by atoms with van der Waals surface area (Å²) in [7, 11) is 1.93. The third-order valence-electron chi connectivity index (χ3n) is 4.91.